The maximum Gasteiger partial charge on any atom is 0.271 e. The molecule has 0 unspecified atom stereocenters. The van der Waals surface area contributed by atoms with Gasteiger partial charge in [-0.05, 0) is 42.8 Å². The van der Waals surface area contributed by atoms with Crippen molar-refractivity contribution in [3.8, 4) is 17.4 Å². The fourth-order valence-corrected chi connectivity index (χ4v) is 3.13. The topological polar surface area (TPSA) is 82.6 Å². The Balaban J connectivity index is 1.57. The molecule has 0 spiro atoms. The van der Waals surface area contributed by atoms with Gasteiger partial charge in [0.15, 0.2) is 0 Å². The lowest BCUT2D eigenvalue weighted by molar-refractivity contribution is 0.0946. The third-order valence-electron chi connectivity index (χ3n) is 3.66. The summed E-state index contributed by atoms with van der Waals surface area (Å²) in [5.41, 5.74) is 1.26. The summed E-state index contributed by atoms with van der Waals surface area (Å²) in [6.45, 7) is 3.29. The van der Waals surface area contributed by atoms with Crippen LogP contribution in [0.4, 0.5) is 0 Å². The number of thiazole rings is 1. The fourth-order valence-electron chi connectivity index (χ4n) is 2.39. The molecule has 0 aliphatic carbocycles. The quantitative estimate of drug-likeness (QED) is 0.589. The highest BCUT2D eigenvalue weighted by atomic mass is 32.1. The van der Waals surface area contributed by atoms with E-state index in [0.717, 1.165) is 16.3 Å². The van der Waals surface area contributed by atoms with Crippen LogP contribution in [0.1, 0.15) is 28.0 Å². The van der Waals surface area contributed by atoms with Crippen LogP contribution >= 0.6 is 11.3 Å². The number of carbonyl (C=O) groups is 1. The highest BCUT2D eigenvalue weighted by Gasteiger charge is 2.11. The van der Waals surface area contributed by atoms with Crippen LogP contribution in [0.25, 0.3) is 0 Å². The molecule has 2 heterocycles. The van der Waals surface area contributed by atoms with E-state index in [0.29, 0.717) is 37.1 Å². The molecule has 0 saturated heterocycles. The number of rotatable bonds is 9. The standard InChI is InChI=1S/C20H21N3O4S/c1-3-26-15-4-6-16(7-5-15)27-18-10-14(8-9-21-18)11-22-20(24)17-13-28-19(23-17)12-25-2/h4-10,13H,3,11-12H2,1-2H3,(H,22,24). The monoisotopic (exact) mass is 399 g/mol. The number of pyridine rings is 1. The zero-order valence-corrected chi connectivity index (χ0v) is 16.5. The Morgan fingerprint density at radius 3 is 2.71 bits per heavy atom. The molecule has 7 nitrogen and oxygen atoms in total. The van der Waals surface area contributed by atoms with Crippen LogP contribution in [0, 0.1) is 0 Å². The van der Waals surface area contributed by atoms with Gasteiger partial charge in [0.05, 0.1) is 13.2 Å². The molecule has 8 heteroatoms. The van der Waals surface area contributed by atoms with Gasteiger partial charge in [0, 0.05) is 31.3 Å². The molecule has 0 atom stereocenters. The summed E-state index contributed by atoms with van der Waals surface area (Å²) in [6.07, 6.45) is 1.64. The Labute approximate surface area is 167 Å². The van der Waals surface area contributed by atoms with E-state index in [4.69, 9.17) is 14.2 Å². The summed E-state index contributed by atoms with van der Waals surface area (Å²) in [5, 5.41) is 5.33. The van der Waals surface area contributed by atoms with E-state index >= 15 is 0 Å². The van der Waals surface area contributed by atoms with Crippen LogP contribution in [0.2, 0.25) is 0 Å². The number of hydrogen-bond acceptors (Lipinski definition) is 7. The van der Waals surface area contributed by atoms with Crippen molar-refractivity contribution in [2.75, 3.05) is 13.7 Å². The third-order valence-corrected chi connectivity index (χ3v) is 4.48. The van der Waals surface area contributed by atoms with E-state index in [9.17, 15) is 4.79 Å². The lowest BCUT2D eigenvalue weighted by Gasteiger charge is -2.08. The molecule has 28 heavy (non-hydrogen) atoms. The molecule has 0 aliphatic heterocycles. The normalized spacial score (nSPS) is 10.5. The second-order valence-corrected chi connectivity index (χ2v) is 6.69. The summed E-state index contributed by atoms with van der Waals surface area (Å²) in [5.74, 6) is 1.66. The average molecular weight is 399 g/mol. The van der Waals surface area contributed by atoms with E-state index in [-0.39, 0.29) is 5.91 Å². The van der Waals surface area contributed by atoms with Crippen molar-refractivity contribution in [2.24, 2.45) is 0 Å². The van der Waals surface area contributed by atoms with Crippen LogP contribution in [-0.2, 0) is 17.9 Å². The summed E-state index contributed by atoms with van der Waals surface area (Å²) in [7, 11) is 1.59. The second-order valence-electron chi connectivity index (χ2n) is 5.75. The molecule has 1 N–H and O–H groups in total. The van der Waals surface area contributed by atoms with Gasteiger partial charge in [-0.1, -0.05) is 0 Å². The first-order valence-corrected chi connectivity index (χ1v) is 9.63. The Morgan fingerprint density at radius 2 is 1.96 bits per heavy atom. The highest BCUT2D eigenvalue weighted by Crippen LogP contribution is 2.23. The highest BCUT2D eigenvalue weighted by molar-refractivity contribution is 7.09. The van der Waals surface area contributed by atoms with Crippen LogP contribution in [-0.4, -0.2) is 29.6 Å². The van der Waals surface area contributed by atoms with Crippen LogP contribution in [0.15, 0.2) is 48.0 Å². The van der Waals surface area contributed by atoms with Crippen LogP contribution in [0.5, 0.6) is 17.4 Å². The second kappa shape index (κ2) is 9.82. The molecular weight excluding hydrogens is 378 g/mol. The lowest BCUT2D eigenvalue weighted by Crippen LogP contribution is -2.23. The zero-order valence-electron chi connectivity index (χ0n) is 15.7. The number of carbonyl (C=O) groups excluding carboxylic acids is 1. The number of nitrogens with one attached hydrogen (secondary N) is 1. The Kier molecular flexibility index (Phi) is 6.94. The number of benzene rings is 1. The van der Waals surface area contributed by atoms with Gasteiger partial charge in [-0.2, -0.15) is 0 Å². The number of hydrogen-bond donors (Lipinski definition) is 1. The van der Waals surface area contributed by atoms with Crippen molar-refractivity contribution < 1.29 is 19.0 Å². The maximum atomic E-state index is 12.2. The molecule has 0 bridgehead atoms. The molecule has 0 radical (unpaired) electrons. The number of ether oxygens (including phenoxy) is 3. The Bertz CT molecular complexity index is 912. The summed E-state index contributed by atoms with van der Waals surface area (Å²) in [6, 6.07) is 10.9. The van der Waals surface area contributed by atoms with Gasteiger partial charge < -0.3 is 19.5 Å². The van der Waals surface area contributed by atoms with Crippen LogP contribution in [0.3, 0.4) is 0 Å². The molecule has 1 amide bonds. The summed E-state index contributed by atoms with van der Waals surface area (Å²) >= 11 is 1.40. The molecule has 146 valence electrons. The van der Waals surface area contributed by atoms with Crippen molar-refractivity contribution in [1.29, 1.82) is 0 Å². The first-order valence-electron chi connectivity index (χ1n) is 8.75. The summed E-state index contributed by atoms with van der Waals surface area (Å²) < 4.78 is 16.2. The van der Waals surface area contributed by atoms with Crippen molar-refractivity contribution in [3.63, 3.8) is 0 Å². The SMILES string of the molecule is CCOc1ccc(Oc2cc(CNC(=O)c3csc(COC)n3)ccn2)cc1. The van der Waals surface area contributed by atoms with E-state index in [1.807, 2.05) is 37.3 Å². The van der Waals surface area contributed by atoms with Gasteiger partial charge in [0.25, 0.3) is 5.91 Å². The van der Waals surface area contributed by atoms with Gasteiger partial charge in [-0.25, -0.2) is 9.97 Å². The smallest absolute Gasteiger partial charge is 0.271 e. The molecule has 0 fully saturated rings. The minimum atomic E-state index is -0.232. The maximum absolute atomic E-state index is 12.2. The minimum absolute atomic E-state index is 0.232. The van der Waals surface area contributed by atoms with Gasteiger partial charge in [0.1, 0.15) is 22.2 Å². The van der Waals surface area contributed by atoms with Crippen molar-refractivity contribution in [1.82, 2.24) is 15.3 Å². The molecule has 0 saturated carbocycles. The predicted octanol–water partition coefficient (Wildman–Crippen LogP) is 3.81. The van der Waals surface area contributed by atoms with Crippen LogP contribution < -0.4 is 14.8 Å². The number of amides is 1. The minimum Gasteiger partial charge on any atom is -0.494 e. The van der Waals surface area contributed by atoms with E-state index in [1.165, 1.54) is 11.3 Å². The largest absolute Gasteiger partial charge is 0.494 e. The number of nitrogens with zero attached hydrogens (tertiary/aromatic N) is 2. The zero-order chi connectivity index (χ0) is 19.8. The molecule has 3 rings (SSSR count). The van der Waals surface area contributed by atoms with E-state index in [1.54, 1.807) is 24.8 Å². The average Bonchev–Trinajstić information content (AvgIpc) is 3.17. The molecular formula is C20H21N3O4S. The van der Waals surface area contributed by atoms with Crippen molar-refractivity contribution in [3.05, 3.63) is 64.2 Å². The van der Waals surface area contributed by atoms with Gasteiger partial charge in [-0.3, -0.25) is 4.79 Å². The number of methoxy groups -OCH3 is 1. The fraction of sp³-hybridized carbons (Fsp3) is 0.250. The molecule has 3 aromatic rings. The molecule has 0 aliphatic rings. The van der Waals surface area contributed by atoms with Gasteiger partial charge in [-0.15, -0.1) is 11.3 Å². The third kappa shape index (κ3) is 5.51. The lowest BCUT2D eigenvalue weighted by atomic mass is 10.2. The van der Waals surface area contributed by atoms with Crippen molar-refractivity contribution >= 4 is 17.2 Å². The van der Waals surface area contributed by atoms with E-state index < -0.39 is 0 Å². The first kappa shape index (κ1) is 19.8. The van der Waals surface area contributed by atoms with Gasteiger partial charge in [0.2, 0.25) is 5.88 Å². The molecule has 2 aromatic heterocycles. The van der Waals surface area contributed by atoms with Crippen molar-refractivity contribution in [2.45, 2.75) is 20.1 Å². The van der Waals surface area contributed by atoms with Gasteiger partial charge >= 0.3 is 0 Å². The van der Waals surface area contributed by atoms with E-state index in [2.05, 4.69) is 15.3 Å². The Morgan fingerprint density at radius 1 is 1.18 bits per heavy atom. The Hall–Kier alpha value is -2.97. The number of aromatic nitrogens is 2. The molecule has 1 aromatic carbocycles. The predicted molar refractivity (Wildman–Crippen MR) is 106 cm³/mol. The first-order chi connectivity index (χ1) is 13.7. The summed E-state index contributed by atoms with van der Waals surface area (Å²) in [4.78, 5) is 20.7.